The van der Waals surface area contributed by atoms with Crippen LogP contribution in [-0.2, 0) is 16.8 Å². The maximum Gasteiger partial charge on any atom is 0.217 e. The molecule has 3 N–H and O–H groups in total. The summed E-state index contributed by atoms with van der Waals surface area (Å²) in [5.41, 5.74) is 8.20. The van der Waals surface area contributed by atoms with Crippen LogP contribution >= 0.6 is 0 Å². The van der Waals surface area contributed by atoms with Gasteiger partial charge in [0.05, 0.1) is 20.3 Å². The molecule has 0 aliphatic carbocycles. The standard InChI is InChI=1S/C25H31N3O4/c1-25(2,3)19-12-17(13-21(23(19)31-4)32-11-7-10-22(26)30)20(29)15-28-14-16-8-5-6-9-18(16)24(28)27/h5-6,8-9,12-13,27H,7,10-11,14-15H2,1-4H3,(H2,26,30). The molecule has 32 heavy (non-hydrogen) atoms. The first-order chi connectivity index (χ1) is 15.1. The van der Waals surface area contributed by atoms with Crippen LogP contribution in [-0.4, -0.2) is 42.7 Å². The molecule has 0 atom stereocenters. The summed E-state index contributed by atoms with van der Waals surface area (Å²) in [6.07, 6.45) is 0.704. The number of ketones is 1. The average Bonchev–Trinajstić information content (AvgIpc) is 3.05. The zero-order chi connectivity index (χ0) is 23.5. The monoisotopic (exact) mass is 437 g/mol. The molecule has 0 saturated carbocycles. The normalized spacial score (nSPS) is 13.1. The van der Waals surface area contributed by atoms with Crippen LogP contribution in [0.2, 0.25) is 0 Å². The average molecular weight is 438 g/mol. The molecule has 1 aliphatic heterocycles. The van der Waals surface area contributed by atoms with Gasteiger partial charge >= 0.3 is 0 Å². The van der Waals surface area contributed by atoms with Gasteiger partial charge in [0.1, 0.15) is 5.84 Å². The molecule has 3 rings (SSSR count). The molecule has 1 aliphatic rings. The lowest BCUT2D eigenvalue weighted by Crippen LogP contribution is -2.30. The number of amidine groups is 1. The number of carbonyl (C=O) groups excluding carboxylic acids is 2. The van der Waals surface area contributed by atoms with E-state index in [4.69, 9.17) is 20.6 Å². The molecule has 170 valence electrons. The van der Waals surface area contributed by atoms with Gasteiger partial charge in [-0.15, -0.1) is 0 Å². The number of Topliss-reactive ketones (excluding diaryl/α,β-unsaturated/α-hetero) is 1. The summed E-state index contributed by atoms with van der Waals surface area (Å²) in [6.45, 7) is 7.06. The first kappa shape index (κ1) is 23.3. The Balaban J connectivity index is 1.86. The maximum atomic E-state index is 13.3. The van der Waals surface area contributed by atoms with E-state index >= 15 is 0 Å². The van der Waals surface area contributed by atoms with E-state index in [0.29, 0.717) is 35.9 Å². The van der Waals surface area contributed by atoms with Gasteiger partial charge in [-0.1, -0.05) is 45.0 Å². The molecule has 1 amide bonds. The van der Waals surface area contributed by atoms with Crippen molar-refractivity contribution in [3.05, 3.63) is 58.7 Å². The highest BCUT2D eigenvalue weighted by Gasteiger charge is 2.28. The van der Waals surface area contributed by atoms with E-state index in [1.807, 2.05) is 51.1 Å². The smallest absolute Gasteiger partial charge is 0.217 e. The highest BCUT2D eigenvalue weighted by Crippen LogP contribution is 2.40. The number of methoxy groups -OCH3 is 1. The molecule has 1 heterocycles. The van der Waals surface area contributed by atoms with Gasteiger partial charge in [0.25, 0.3) is 0 Å². The number of rotatable bonds is 9. The number of nitrogens with two attached hydrogens (primary N) is 1. The minimum atomic E-state index is -0.381. The lowest BCUT2D eigenvalue weighted by atomic mass is 9.84. The third kappa shape index (κ3) is 5.10. The molecule has 7 nitrogen and oxygen atoms in total. The first-order valence-corrected chi connectivity index (χ1v) is 10.7. The van der Waals surface area contributed by atoms with Crippen molar-refractivity contribution < 1.29 is 19.1 Å². The number of nitrogens with zero attached hydrogens (tertiary/aromatic N) is 1. The number of amides is 1. The molecule has 7 heteroatoms. The Kier molecular flexibility index (Phi) is 6.87. The highest BCUT2D eigenvalue weighted by atomic mass is 16.5. The fraction of sp³-hybridized carbons (Fsp3) is 0.400. The third-order valence-corrected chi connectivity index (χ3v) is 5.50. The van der Waals surface area contributed by atoms with Crippen LogP contribution in [0.25, 0.3) is 0 Å². The van der Waals surface area contributed by atoms with Crippen molar-refractivity contribution >= 4 is 17.5 Å². The highest BCUT2D eigenvalue weighted by molar-refractivity contribution is 6.05. The van der Waals surface area contributed by atoms with Gasteiger partial charge in [0.15, 0.2) is 17.3 Å². The summed E-state index contributed by atoms with van der Waals surface area (Å²) < 4.78 is 11.5. The van der Waals surface area contributed by atoms with Crippen LogP contribution in [0.5, 0.6) is 11.5 Å². The number of nitrogens with one attached hydrogen (secondary N) is 1. The number of hydrogen-bond donors (Lipinski definition) is 2. The minimum absolute atomic E-state index is 0.0994. The van der Waals surface area contributed by atoms with Crippen LogP contribution < -0.4 is 15.2 Å². The quantitative estimate of drug-likeness (QED) is 0.460. The van der Waals surface area contributed by atoms with Crippen LogP contribution in [0.3, 0.4) is 0 Å². The van der Waals surface area contributed by atoms with E-state index in [-0.39, 0.29) is 36.7 Å². The Morgan fingerprint density at radius 2 is 1.91 bits per heavy atom. The van der Waals surface area contributed by atoms with Crippen molar-refractivity contribution in [2.45, 2.75) is 45.6 Å². The number of hydrogen-bond acceptors (Lipinski definition) is 5. The van der Waals surface area contributed by atoms with Crippen molar-refractivity contribution in [2.75, 3.05) is 20.3 Å². The molecular weight excluding hydrogens is 406 g/mol. The Labute approximate surface area is 189 Å². The number of fused-ring (bicyclic) bond motifs is 1. The predicted molar refractivity (Wildman–Crippen MR) is 124 cm³/mol. The van der Waals surface area contributed by atoms with Crippen LogP contribution in [0.4, 0.5) is 0 Å². The predicted octanol–water partition coefficient (Wildman–Crippen LogP) is 3.66. The topological polar surface area (TPSA) is 106 Å². The van der Waals surface area contributed by atoms with E-state index in [1.165, 1.54) is 0 Å². The van der Waals surface area contributed by atoms with Crippen molar-refractivity contribution in [2.24, 2.45) is 5.73 Å². The van der Waals surface area contributed by atoms with Crippen LogP contribution in [0.15, 0.2) is 36.4 Å². The Morgan fingerprint density at radius 1 is 1.19 bits per heavy atom. The fourth-order valence-corrected chi connectivity index (χ4v) is 3.81. The molecule has 0 radical (unpaired) electrons. The van der Waals surface area contributed by atoms with Gasteiger partial charge in [-0.2, -0.15) is 0 Å². The number of benzene rings is 2. The van der Waals surface area contributed by atoms with Crippen molar-refractivity contribution in [1.82, 2.24) is 4.90 Å². The van der Waals surface area contributed by atoms with E-state index in [1.54, 1.807) is 18.1 Å². The van der Waals surface area contributed by atoms with Gasteiger partial charge in [-0.05, 0) is 29.5 Å². The number of ether oxygens (including phenoxy) is 2. The molecule has 0 spiro atoms. The summed E-state index contributed by atoms with van der Waals surface area (Å²) in [5, 5.41) is 8.43. The van der Waals surface area contributed by atoms with Crippen LogP contribution in [0.1, 0.15) is 60.7 Å². The third-order valence-electron chi connectivity index (χ3n) is 5.50. The van der Waals surface area contributed by atoms with Crippen molar-refractivity contribution in [3.8, 4) is 11.5 Å². The lowest BCUT2D eigenvalue weighted by molar-refractivity contribution is -0.118. The molecule has 0 fully saturated rings. The lowest BCUT2D eigenvalue weighted by Gasteiger charge is -2.25. The number of primary amides is 1. The summed E-state index contributed by atoms with van der Waals surface area (Å²) >= 11 is 0. The summed E-state index contributed by atoms with van der Waals surface area (Å²) in [6, 6.07) is 11.3. The Bertz CT molecular complexity index is 1040. The molecular formula is C25H31N3O4. The number of carbonyl (C=O) groups is 2. The molecule has 0 saturated heterocycles. The molecule has 2 aromatic rings. The van der Waals surface area contributed by atoms with Gasteiger partial charge in [-0.25, -0.2) is 0 Å². The second-order valence-corrected chi connectivity index (χ2v) is 9.01. The zero-order valence-electron chi connectivity index (χ0n) is 19.2. The van der Waals surface area contributed by atoms with E-state index in [2.05, 4.69) is 0 Å². The van der Waals surface area contributed by atoms with Gasteiger partial charge in [-0.3, -0.25) is 15.0 Å². The molecule has 0 aromatic heterocycles. The maximum absolute atomic E-state index is 13.3. The van der Waals surface area contributed by atoms with Crippen molar-refractivity contribution in [3.63, 3.8) is 0 Å². The molecule has 0 unspecified atom stereocenters. The second-order valence-electron chi connectivity index (χ2n) is 9.01. The largest absolute Gasteiger partial charge is 0.493 e. The van der Waals surface area contributed by atoms with Gasteiger partial charge in [0, 0.05) is 29.7 Å². The molecule has 2 aromatic carbocycles. The van der Waals surface area contributed by atoms with Crippen LogP contribution in [0, 0.1) is 5.41 Å². The zero-order valence-corrected chi connectivity index (χ0v) is 19.2. The van der Waals surface area contributed by atoms with Gasteiger partial charge < -0.3 is 20.1 Å². The second kappa shape index (κ2) is 9.42. The summed E-state index contributed by atoms with van der Waals surface area (Å²) in [4.78, 5) is 26.0. The van der Waals surface area contributed by atoms with E-state index < -0.39 is 0 Å². The van der Waals surface area contributed by atoms with E-state index in [9.17, 15) is 9.59 Å². The first-order valence-electron chi connectivity index (χ1n) is 10.7. The SMILES string of the molecule is COc1c(OCCCC(N)=O)cc(C(=O)CN2Cc3ccccc3C2=N)cc1C(C)(C)C. The summed E-state index contributed by atoms with van der Waals surface area (Å²) in [7, 11) is 1.57. The van der Waals surface area contributed by atoms with E-state index in [0.717, 1.165) is 16.7 Å². The molecule has 0 bridgehead atoms. The Morgan fingerprint density at radius 3 is 2.53 bits per heavy atom. The van der Waals surface area contributed by atoms with Crippen molar-refractivity contribution in [1.29, 1.82) is 5.41 Å². The summed E-state index contributed by atoms with van der Waals surface area (Å²) in [5.74, 6) is 0.926. The minimum Gasteiger partial charge on any atom is -0.493 e. The Hall–Kier alpha value is -3.35. The fourth-order valence-electron chi connectivity index (χ4n) is 3.81. The van der Waals surface area contributed by atoms with Gasteiger partial charge in [0.2, 0.25) is 5.91 Å².